The molecule has 7 heteroatoms. The van der Waals surface area contributed by atoms with Crippen molar-refractivity contribution in [1.82, 2.24) is 14.5 Å². The van der Waals surface area contributed by atoms with E-state index in [-0.39, 0.29) is 17.9 Å². The smallest absolute Gasteiger partial charge is 0.227 e. The van der Waals surface area contributed by atoms with Gasteiger partial charge in [-0.2, -0.15) is 0 Å². The zero-order chi connectivity index (χ0) is 21.3. The number of aromatic nitrogens is 3. The number of rotatable bonds is 5. The van der Waals surface area contributed by atoms with E-state index in [1.165, 1.54) is 18.9 Å². The van der Waals surface area contributed by atoms with E-state index in [9.17, 15) is 13.6 Å². The van der Waals surface area contributed by atoms with Gasteiger partial charge in [0.15, 0.2) is 11.6 Å². The minimum atomic E-state index is -0.871. The Labute approximate surface area is 178 Å². The van der Waals surface area contributed by atoms with Gasteiger partial charge >= 0.3 is 0 Å². The third-order valence-electron chi connectivity index (χ3n) is 7.54. The van der Waals surface area contributed by atoms with Crippen LogP contribution in [0.4, 0.5) is 14.5 Å². The second-order valence-corrected chi connectivity index (χ2v) is 9.46. The molecule has 0 saturated heterocycles. The molecule has 0 spiro atoms. The van der Waals surface area contributed by atoms with E-state index in [4.69, 9.17) is 0 Å². The number of nitrogens with zero attached hydrogens (tertiary/aromatic N) is 3. The number of nitrogens with one attached hydrogen (secondary N) is 1. The molecule has 3 saturated carbocycles. The topological polar surface area (TPSA) is 59.8 Å². The number of hydrogen-bond donors (Lipinski definition) is 1. The molecule has 1 N–H and O–H groups in total. The number of hydrogen-bond acceptors (Lipinski definition) is 3. The molecule has 5 atom stereocenters. The van der Waals surface area contributed by atoms with E-state index in [1.54, 1.807) is 12.5 Å². The van der Waals surface area contributed by atoms with Crippen molar-refractivity contribution in [2.45, 2.75) is 44.6 Å². The Balaban J connectivity index is 1.09. The molecule has 6 rings (SSSR count). The number of imidazole rings is 1. The van der Waals surface area contributed by atoms with Gasteiger partial charge in [0.2, 0.25) is 5.91 Å². The van der Waals surface area contributed by atoms with Gasteiger partial charge in [0.25, 0.3) is 0 Å². The molecule has 3 aliphatic carbocycles. The van der Waals surface area contributed by atoms with Crippen LogP contribution >= 0.6 is 0 Å². The van der Waals surface area contributed by atoms with Gasteiger partial charge in [0, 0.05) is 35.7 Å². The van der Waals surface area contributed by atoms with Crippen molar-refractivity contribution in [3.05, 3.63) is 54.1 Å². The number of anilines is 1. The second kappa shape index (κ2) is 6.84. The molecule has 5 nitrogen and oxygen atoms in total. The highest BCUT2D eigenvalue weighted by Gasteiger charge is 2.59. The van der Waals surface area contributed by atoms with Gasteiger partial charge < -0.3 is 9.88 Å². The van der Waals surface area contributed by atoms with Crippen LogP contribution in [0, 0.1) is 35.3 Å². The highest BCUT2D eigenvalue weighted by Crippen LogP contribution is 2.64. The Bertz CT molecular complexity index is 1160. The maximum Gasteiger partial charge on any atom is 0.227 e. The summed E-state index contributed by atoms with van der Waals surface area (Å²) in [4.78, 5) is 21.5. The van der Waals surface area contributed by atoms with Crippen LogP contribution in [0.5, 0.6) is 0 Å². The maximum atomic E-state index is 13.7. The maximum absolute atomic E-state index is 13.7. The Morgan fingerprint density at radius 3 is 2.55 bits per heavy atom. The van der Waals surface area contributed by atoms with Crippen LogP contribution in [-0.4, -0.2) is 20.4 Å². The SMILES string of the molecule is CC(C(=O)Nc1ccc(C2CC2)nc1)C1[C@H]2CC(n3cnc4cc(F)c(F)cc43)C[C@@H]12. The van der Waals surface area contributed by atoms with Crippen LogP contribution in [0.15, 0.2) is 36.8 Å². The summed E-state index contributed by atoms with van der Waals surface area (Å²) in [6.07, 6.45) is 7.74. The number of fused-ring (bicyclic) bond motifs is 2. The van der Waals surface area contributed by atoms with E-state index >= 15 is 0 Å². The van der Waals surface area contributed by atoms with E-state index in [0.717, 1.165) is 30.3 Å². The monoisotopic (exact) mass is 422 g/mol. The quantitative estimate of drug-likeness (QED) is 0.625. The molecule has 2 heterocycles. The summed E-state index contributed by atoms with van der Waals surface area (Å²) in [5.41, 5.74) is 2.98. The fraction of sp³-hybridized carbons (Fsp3) is 0.458. The molecule has 3 aliphatic rings. The molecule has 3 fully saturated rings. The average Bonchev–Trinajstić information content (AvgIpc) is 3.64. The lowest BCUT2D eigenvalue weighted by Gasteiger charge is -2.20. The molecule has 2 aromatic heterocycles. The van der Waals surface area contributed by atoms with Crippen LogP contribution in [0.2, 0.25) is 0 Å². The molecule has 0 radical (unpaired) electrons. The molecule has 31 heavy (non-hydrogen) atoms. The number of pyridine rings is 1. The van der Waals surface area contributed by atoms with Crippen molar-refractivity contribution >= 4 is 22.6 Å². The molecule has 3 aromatic rings. The summed E-state index contributed by atoms with van der Waals surface area (Å²) in [5.74, 6) is 0.217. The highest BCUT2D eigenvalue weighted by molar-refractivity contribution is 5.92. The molecular formula is C24H24F2N4O. The average molecular weight is 422 g/mol. The van der Waals surface area contributed by atoms with Crippen molar-refractivity contribution in [2.24, 2.45) is 23.7 Å². The number of halogens is 2. The van der Waals surface area contributed by atoms with Crippen molar-refractivity contribution < 1.29 is 13.6 Å². The predicted octanol–water partition coefficient (Wildman–Crippen LogP) is 5.06. The van der Waals surface area contributed by atoms with Gasteiger partial charge in [0.1, 0.15) is 0 Å². The van der Waals surface area contributed by atoms with Crippen LogP contribution in [-0.2, 0) is 4.79 Å². The summed E-state index contributed by atoms with van der Waals surface area (Å²) in [5, 5.41) is 3.02. The van der Waals surface area contributed by atoms with E-state index < -0.39 is 11.6 Å². The van der Waals surface area contributed by atoms with E-state index in [1.807, 2.05) is 23.6 Å². The predicted molar refractivity (Wildman–Crippen MR) is 112 cm³/mol. The molecule has 1 amide bonds. The third kappa shape index (κ3) is 3.22. The Kier molecular flexibility index (Phi) is 4.17. The first-order valence-corrected chi connectivity index (χ1v) is 11.1. The number of carbonyl (C=O) groups is 1. The van der Waals surface area contributed by atoms with Gasteiger partial charge in [-0.25, -0.2) is 13.8 Å². The van der Waals surface area contributed by atoms with Crippen molar-refractivity contribution in [3.63, 3.8) is 0 Å². The van der Waals surface area contributed by atoms with Crippen LogP contribution in [0.1, 0.15) is 50.3 Å². The number of carbonyl (C=O) groups excluding carboxylic acids is 1. The van der Waals surface area contributed by atoms with Crippen LogP contribution < -0.4 is 5.32 Å². The van der Waals surface area contributed by atoms with Crippen molar-refractivity contribution in [3.8, 4) is 0 Å². The zero-order valence-electron chi connectivity index (χ0n) is 17.3. The van der Waals surface area contributed by atoms with Crippen LogP contribution in [0.3, 0.4) is 0 Å². The largest absolute Gasteiger partial charge is 0.327 e. The lowest BCUT2D eigenvalue weighted by atomic mass is 9.96. The molecule has 0 aliphatic heterocycles. The molecule has 0 bridgehead atoms. The molecule has 160 valence electrons. The van der Waals surface area contributed by atoms with E-state index in [0.29, 0.717) is 34.7 Å². The second-order valence-electron chi connectivity index (χ2n) is 9.46. The molecule has 3 unspecified atom stereocenters. The normalized spacial score (nSPS) is 27.8. The first-order chi connectivity index (χ1) is 15.0. The standard InChI is InChI=1S/C24H24F2N4O/c1-12(24(31)29-14-4-5-20(27-10-14)13-2-3-13)23-16-6-15(7-17(16)23)30-11-28-21-8-18(25)19(26)9-22(21)30/h4-5,8-13,15-17,23H,2-3,6-7H2,1H3,(H,29,31)/t12?,15?,16-,17+,23?. The highest BCUT2D eigenvalue weighted by atomic mass is 19.2. The Morgan fingerprint density at radius 1 is 1.13 bits per heavy atom. The van der Waals surface area contributed by atoms with Gasteiger partial charge in [0.05, 0.1) is 29.2 Å². The van der Waals surface area contributed by atoms with Gasteiger partial charge in [-0.3, -0.25) is 9.78 Å². The zero-order valence-corrected chi connectivity index (χ0v) is 17.3. The van der Waals surface area contributed by atoms with Gasteiger partial charge in [-0.05, 0) is 55.6 Å². The summed E-state index contributed by atoms with van der Waals surface area (Å²) in [7, 11) is 0. The summed E-state index contributed by atoms with van der Waals surface area (Å²) >= 11 is 0. The molecular weight excluding hydrogens is 398 g/mol. The summed E-state index contributed by atoms with van der Waals surface area (Å²) in [6, 6.07) is 6.56. The third-order valence-corrected chi connectivity index (χ3v) is 7.54. The Morgan fingerprint density at radius 2 is 1.87 bits per heavy atom. The van der Waals surface area contributed by atoms with E-state index in [2.05, 4.69) is 15.3 Å². The summed E-state index contributed by atoms with van der Waals surface area (Å²) in [6.45, 7) is 2.00. The number of benzene rings is 1. The minimum absolute atomic E-state index is 0.0440. The van der Waals surface area contributed by atoms with Crippen molar-refractivity contribution in [2.75, 3.05) is 5.32 Å². The molecule has 1 aromatic carbocycles. The Hall–Kier alpha value is -2.83. The van der Waals surface area contributed by atoms with Crippen molar-refractivity contribution in [1.29, 1.82) is 0 Å². The fourth-order valence-corrected chi connectivity index (χ4v) is 5.68. The van der Waals surface area contributed by atoms with Gasteiger partial charge in [-0.1, -0.05) is 6.92 Å². The first-order valence-electron chi connectivity index (χ1n) is 11.1. The van der Waals surface area contributed by atoms with Crippen LogP contribution in [0.25, 0.3) is 11.0 Å². The number of amides is 1. The lowest BCUT2D eigenvalue weighted by molar-refractivity contribution is -0.120. The fourth-order valence-electron chi connectivity index (χ4n) is 5.68. The summed E-state index contributed by atoms with van der Waals surface area (Å²) < 4.78 is 29.2. The first kappa shape index (κ1) is 18.9. The van der Waals surface area contributed by atoms with Gasteiger partial charge in [-0.15, -0.1) is 0 Å². The lowest BCUT2D eigenvalue weighted by Crippen LogP contribution is -2.24. The minimum Gasteiger partial charge on any atom is -0.327 e.